The number of hydrogen-bond acceptors (Lipinski definition) is 3. The summed E-state index contributed by atoms with van der Waals surface area (Å²) in [6, 6.07) is 10.0. The molecule has 1 heterocycles. The molecule has 0 bridgehead atoms. The Kier molecular flexibility index (Phi) is 7.32. The number of rotatable bonds is 8. The van der Waals surface area contributed by atoms with Crippen LogP contribution in [0.4, 0.5) is 0 Å². The molecule has 1 aliphatic heterocycles. The highest BCUT2D eigenvalue weighted by Gasteiger charge is 2.18. The van der Waals surface area contributed by atoms with E-state index in [2.05, 4.69) is 47.7 Å². The average molecular weight is 319 g/mol. The Morgan fingerprint density at radius 1 is 1.23 bits per heavy atom. The van der Waals surface area contributed by atoms with Crippen LogP contribution < -0.4 is 5.19 Å². The number of hydrogen-bond donors (Lipinski definition) is 0. The second-order valence-electron chi connectivity index (χ2n) is 6.27. The van der Waals surface area contributed by atoms with Crippen molar-refractivity contribution in [2.75, 3.05) is 53.1 Å². The molecule has 1 saturated heterocycles. The molecule has 0 spiro atoms. The third kappa shape index (κ3) is 5.06. The van der Waals surface area contributed by atoms with Crippen LogP contribution in [0.2, 0.25) is 6.04 Å². The summed E-state index contributed by atoms with van der Waals surface area (Å²) in [6.07, 6.45) is 4.20. The van der Waals surface area contributed by atoms with E-state index in [1.54, 1.807) is 0 Å². The molecule has 3 nitrogen and oxygen atoms in total. The van der Waals surface area contributed by atoms with Crippen LogP contribution in [0.1, 0.15) is 12.0 Å². The molecule has 122 valence electrons. The summed E-state index contributed by atoms with van der Waals surface area (Å²) in [5.41, 5.74) is 1.30. The van der Waals surface area contributed by atoms with Crippen molar-refractivity contribution in [1.29, 1.82) is 0 Å². The van der Waals surface area contributed by atoms with Gasteiger partial charge in [0, 0.05) is 39.5 Å². The van der Waals surface area contributed by atoms with Gasteiger partial charge in [0.15, 0.2) is 0 Å². The first-order chi connectivity index (χ1) is 10.7. The molecule has 1 unspecified atom stereocenters. The van der Waals surface area contributed by atoms with E-state index in [0.717, 1.165) is 6.23 Å². The van der Waals surface area contributed by atoms with E-state index in [-0.39, 0.29) is 0 Å². The van der Waals surface area contributed by atoms with Crippen molar-refractivity contribution in [3.05, 3.63) is 36.4 Å². The summed E-state index contributed by atoms with van der Waals surface area (Å²) in [4.78, 5) is 5.02. The Morgan fingerprint density at radius 3 is 2.64 bits per heavy atom. The Morgan fingerprint density at radius 2 is 1.95 bits per heavy atom. The maximum absolute atomic E-state index is 5.52. The van der Waals surface area contributed by atoms with Gasteiger partial charge in [0.2, 0.25) is 0 Å². The normalized spacial score (nSPS) is 18.3. The highest BCUT2D eigenvalue weighted by Crippen LogP contribution is 2.08. The van der Waals surface area contributed by atoms with E-state index in [9.17, 15) is 0 Å². The van der Waals surface area contributed by atoms with Crippen molar-refractivity contribution in [2.45, 2.75) is 12.5 Å². The first-order valence-corrected chi connectivity index (χ1v) is 10.6. The van der Waals surface area contributed by atoms with Crippen molar-refractivity contribution < 1.29 is 4.74 Å². The standard InChI is InChI=1S/C18H30N2OSi/c1-4-17-8-5-6-9-18(17)22(16-21-3)15-7-10-20-13-11-19(2)12-14-20/h4-6,8-9,22H,1,7,10-16H2,2-3H3. The van der Waals surface area contributed by atoms with Gasteiger partial charge in [-0.2, -0.15) is 0 Å². The average Bonchev–Trinajstić information content (AvgIpc) is 2.56. The van der Waals surface area contributed by atoms with Gasteiger partial charge in [-0.15, -0.1) is 0 Å². The van der Waals surface area contributed by atoms with Crippen LogP contribution in [0, 0.1) is 0 Å². The monoisotopic (exact) mass is 318 g/mol. The van der Waals surface area contributed by atoms with Crippen LogP contribution >= 0.6 is 0 Å². The quantitative estimate of drug-likeness (QED) is 0.677. The highest BCUT2D eigenvalue weighted by atomic mass is 28.3. The maximum atomic E-state index is 5.52. The van der Waals surface area contributed by atoms with Gasteiger partial charge in [-0.25, -0.2) is 0 Å². The lowest BCUT2D eigenvalue weighted by atomic mass is 10.2. The lowest BCUT2D eigenvalue weighted by Crippen LogP contribution is -2.45. The smallest absolute Gasteiger partial charge is 0.101 e. The van der Waals surface area contributed by atoms with Gasteiger partial charge < -0.3 is 14.5 Å². The highest BCUT2D eigenvalue weighted by molar-refractivity contribution is 6.73. The molecule has 0 N–H and O–H groups in total. The first kappa shape index (κ1) is 17.4. The minimum Gasteiger partial charge on any atom is -0.388 e. The van der Waals surface area contributed by atoms with E-state index in [1.165, 1.54) is 55.9 Å². The molecule has 4 heteroatoms. The van der Waals surface area contributed by atoms with Crippen LogP contribution in [0.5, 0.6) is 0 Å². The van der Waals surface area contributed by atoms with Gasteiger partial charge in [-0.05, 0) is 25.6 Å². The van der Waals surface area contributed by atoms with Crippen molar-refractivity contribution in [3.63, 3.8) is 0 Å². The Bertz CT molecular complexity index is 458. The van der Waals surface area contributed by atoms with Crippen LogP contribution in [0.15, 0.2) is 30.8 Å². The zero-order chi connectivity index (χ0) is 15.8. The van der Waals surface area contributed by atoms with Gasteiger partial charge in [0.25, 0.3) is 0 Å². The maximum Gasteiger partial charge on any atom is 0.101 e. The van der Waals surface area contributed by atoms with Gasteiger partial charge in [-0.3, -0.25) is 0 Å². The molecule has 0 aromatic heterocycles. The number of piperazine rings is 1. The molecular weight excluding hydrogens is 288 g/mol. The molecule has 0 aliphatic carbocycles. The summed E-state index contributed by atoms with van der Waals surface area (Å²) in [6.45, 7) is 10.0. The predicted molar refractivity (Wildman–Crippen MR) is 98.6 cm³/mol. The van der Waals surface area contributed by atoms with E-state index in [4.69, 9.17) is 4.74 Å². The summed E-state index contributed by atoms with van der Waals surface area (Å²) in [5, 5.41) is 1.51. The van der Waals surface area contributed by atoms with Gasteiger partial charge in [-0.1, -0.05) is 48.2 Å². The minimum atomic E-state index is -1.06. The first-order valence-electron chi connectivity index (χ1n) is 8.35. The molecule has 0 amide bonds. The van der Waals surface area contributed by atoms with Crippen molar-refractivity contribution in [2.24, 2.45) is 0 Å². The van der Waals surface area contributed by atoms with Crippen molar-refractivity contribution >= 4 is 20.1 Å². The summed E-state index contributed by atoms with van der Waals surface area (Å²) >= 11 is 0. The fourth-order valence-electron chi connectivity index (χ4n) is 3.23. The largest absolute Gasteiger partial charge is 0.388 e. The third-order valence-corrected chi connectivity index (χ3v) is 7.89. The Labute approximate surface area is 137 Å². The van der Waals surface area contributed by atoms with Crippen LogP contribution in [0.25, 0.3) is 6.08 Å². The summed E-state index contributed by atoms with van der Waals surface area (Å²) in [7, 11) is 2.98. The zero-order valence-corrected chi connectivity index (χ0v) is 15.3. The lowest BCUT2D eigenvalue weighted by Gasteiger charge is -2.32. The molecule has 22 heavy (non-hydrogen) atoms. The van der Waals surface area contributed by atoms with Gasteiger partial charge >= 0.3 is 0 Å². The van der Waals surface area contributed by atoms with E-state index in [1.807, 2.05) is 13.2 Å². The van der Waals surface area contributed by atoms with E-state index in [0.29, 0.717) is 0 Å². The van der Waals surface area contributed by atoms with Crippen molar-refractivity contribution in [3.8, 4) is 0 Å². The number of benzene rings is 1. The van der Waals surface area contributed by atoms with E-state index >= 15 is 0 Å². The van der Waals surface area contributed by atoms with Gasteiger partial charge in [0.1, 0.15) is 8.80 Å². The van der Waals surface area contributed by atoms with Crippen LogP contribution in [-0.2, 0) is 4.74 Å². The molecule has 1 atom stereocenters. The number of ether oxygens (including phenoxy) is 1. The predicted octanol–water partition coefficient (Wildman–Crippen LogP) is 1.59. The molecular formula is C18H30N2OSi. The van der Waals surface area contributed by atoms with E-state index < -0.39 is 8.80 Å². The fraction of sp³-hybridized carbons (Fsp3) is 0.556. The SMILES string of the molecule is C=Cc1ccccc1[SiH](CCCN1CCN(C)CC1)COC. The second-order valence-corrected chi connectivity index (χ2v) is 9.20. The summed E-state index contributed by atoms with van der Waals surface area (Å²) < 4.78 is 5.52. The van der Waals surface area contributed by atoms with Crippen LogP contribution in [-0.4, -0.2) is 71.7 Å². The third-order valence-electron chi connectivity index (χ3n) is 4.65. The second kappa shape index (κ2) is 9.25. The molecule has 1 aromatic carbocycles. The number of methoxy groups -OCH3 is 1. The molecule has 2 rings (SSSR count). The molecule has 0 radical (unpaired) electrons. The van der Waals surface area contributed by atoms with Crippen molar-refractivity contribution in [1.82, 2.24) is 9.80 Å². The molecule has 1 aliphatic rings. The fourth-order valence-corrected chi connectivity index (χ4v) is 6.03. The minimum absolute atomic E-state index is 0.924. The Balaban J connectivity index is 1.87. The molecule has 1 aromatic rings. The van der Waals surface area contributed by atoms with Crippen LogP contribution in [0.3, 0.4) is 0 Å². The topological polar surface area (TPSA) is 15.7 Å². The Hall–Kier alpha value is -0.943. The number of likely N-dealkylation sites (N-methyl/N-ethyl adjacent to an activating group) is 1. The van der Waals surface area contributed by atoms with Gasteiger partial charge in [0.05, 0.1) is 0 Å². The molecule has 0 saturated carbocycles. The summed E-state index contributed by atoms with van der Waals surface area (Å²) in [5.74, 6) is 0. The zero-order valence-electron chi connectivity index (χ0n) is 14.1. The molecule has 1 fully saturated rings. The lowest BCUT2D eigenvalue weighted by molar-refractivity contribution is 0.154. The number of nitrogens with zero attached hydrogens (tertiary/aromatic N) is 2.